The Balaban J connectivity index is 1.62. The van der Waals surface area contributed by atoms with Crippen molar-refractivity contribution in [3.8, 4) is 17.0 Å². The summed E-state index contributed by atoms with van der Waals surface area (Å²) in [5, 5.41) is 13.1. The van der Waals surface area contributed by atoms with Crippen LogP contribution in [0.25, 0.3) is 22.3 Å². The molecule has 10 heteroatoms. The van der Waals surface area contributed by atoms with E-state index in [4.69, 9.17) is 9.47 Å². The summed E-state index contributed by atoms with van der Waals surface area (Å²) in [6, 6.07) is 0.846. The molecule has 1 saturated heterocycles. The molecule has 2 aliphatic heterocycles. The minimum absolute atomic E-state index is 0.0281. The Hall–Kier alpha value is -2.85. The highest BCUT2D eigenvalue weighted by Crippen LogP contribution is 2.42. The first-order valence-electron chi connectivity index (χ1n) is 9.83. The van der Waals surface area contributed by atoms with E-state index < -0.39 is 17.7 Å². The zero-order chi connectivity index (χ0) is 21.0. The van der Waals surface area contributed by atoms with Gasteiger partial charge in [0, 0.05) is 6.61 Å². The largest absolute Gasteiger partial charge is 0.488 e. The SMILES string of the molecule is Cc1nc2c(F)cc(-c3nc(N[C@@H]4CCOC[C@H]4O)ncc3F)c3c2n1[C@@H](C)CO3. The first kappa shape index (κ1) is 19.1. The van der Waals surface area contributed by atoms with Gasteiger partial charge < -0.3 is 24.5 Å². The smallest absolute Gasteiger partial charge is 0.223 e. The second-order valence-electron chi connectivity index (χ2n) is 7.69. The molecule has 2 aliphatic rings. The van der Waals surface area contributed by atoms with Crippen LogP contribution in [0.4, 0.5) is 14.7 Å². The van der Waals surface area contributed by atoms with Crippen molar-refractivity contribution in [1.29, 1.82) is 0 Å². The molecule has 0 bridgehead atoms. The van der Waals surface area contributed by atoms with Crippen LogP contribution in [0.5, 0.6) is 5.75 Å². The number of aryl methyl sites for hydroxylation is 1. The quantitative estimate of drug-likeness (QED) is 0.677. The normalized spacial score (nSPS) is 23.4. The fourth-order valence-electron chi connectivity index (χ4n) is 4.14. The zero-order valence-electron chi connectivity index (χ0n) is 16.5. The van der Waals surface area contributed by atoms with Gasteiger partial charge in [-0.15, -0.1) is 0 Å². The number of benzene rings is 1. The molecular weight excluding hydrogens is 396 g/mol. The second kappa shape index (κ2) is 7.13. The minimum atomic E-state index is -0.729. The first-order chi connectivity index (χ1) is 14.4. The molecule has 2 N–H and O–H groups in total. The van der Waals surface area contributed by atoms with Crippen molar-refractivity contribution in [2.24, 2.45) is 0 Å². The number of imidazole rings is 1. The molecule has 4 heterocycles. The van der Waals surface area contributed by atoms with E-state index in [0.717, 1.165) is 6.20 Å². The molecule has 3 aromatic rings. The Morgan fingerprint density at radius 3 is 2.87 bits per heavy atom. The lowest BCUT2D eigenvalue weighted by molar-refractivity contribution is -0.0136. The minimum Gasteiger partial charge on any atom is -0.488 e. The summed E-state index contributed by atoms with van der Waals surface area (Å²) < 4.78 is 42.6. The topological polar surface area (TPSA) is 94.3 Å². The lowest BCUT2D eigenvalue weighted by atomic mass is 10.1. The van der Waals surface area contributed by atoms with E-state index in [0.29, 0.717) is 36.7 Å². The van der Waals surface area contributed by atoms with Gasteiger partial charge >= 0.3 is 0 Å². The van der Waals surface area contributed by atoms with Crippen molar-refractivity contribution in [2.45, 2.75) is 38.5 Å². The van der Waals surface area contributed by atoms with Crippen molar-refractivity contribution in [3.63, 3.8) is 0 Å². The van der Waals surface area contributed by atoms with Crippen LogP contribution in [-0.4, -0.2) is 56.6 Å². The Kier molecular flexibility index (Phi) is 4.55. The lowest BCUT2D eigenvalue weighted by Gasteiger charge is -2.28. The van der Waals surface area contributed by atoms with Gasteiger partial charge in [0.1, 0.15) is 29.2 Å². The summed E-state index contributed by atoms with van der Waals surface area (Å²) in [6.45, 7) is 4.80. The van der Waals surface area contributed by atoms with Gasteiger partial charge in [-0.3, -0.25) is 0 Å². The van der Waals surface area contributed by atoms with Gasteiger partial charge in [-0.05, 0) is 26.3 Å². The molecule has 8 nitrogen and oxygen atoms in total. The maximum atomic E-state index is 14.9. The lowest BCUT2D eigenvalue weighted by Crippen LogP contribution is -2.42. The van der Waals surface area contributed by atoms with Crippen molar-refractivity contribution >= 4 is 17.0 Å². The second-order valence-corrected chi connectivity index (χ2v) is 7.69. The third-order valence-electron chi connectivity index (χ3n) is 5.59. The van der Waals surface area contributed by atoms with Crippen LogP contribution in [0.15, 0.2) is 12.3 Å². The van der Waals surface area contributed by atoms with Gasteiger partial charge in [0.15, 0.2) is 17.4 Å². The number of halogens is 2. The van der Waals surface area contributed by atoms with E-state index in [1.165, 1.54) is 6.07 Å². The third-order valence-corrected chi connectivity index (χ3v) is 5.59. The summed E-state index contributed by atoms with van der Waals surface area (Å²) in [5.41, 5.74) is 0.804. The van der Waals surface area contributed by atoms with E-state index in [-0.39, 0.29) is 41.4 Å². The predicted molar refractivity (Wildman–Crippen MR) is 104 cm³/mol. The standard InChI is InChI=1S/C20H21F2N5O3/c1-9-7-30-19-11(5-12(21)17-18(19)27(9)10(2)24-17)16-13(22)6-23-20(26-16)25-14-3-4-29-8-15(14)28/h5-6,9,14-15,28H,3-4,7-8H2,1-2H3,(H,23,25,26)/t9-,14+,15+/m0/s1. The van der Waals surface area contributed by atoms with E-state index in [2.05, 4.69) is 20.3 Å². The molecule has 0 amide bonds. The van der Waals surface area contributed by atoms with Gasteiger partial charge in [0.05, 0.1) is 36.6 Å². The number of aromatic nitrogens is 4. The van der Waals surface area contributed by atoms with Crippen molar-refractivity contribution in [1.82, 2.24) is 19.5 Å². The summed E-state index contributed by atoms with van der Waals surface area (Å²) >= 11 is 0. The van der Waals surface area contributed by atoms with E-state index in [1.807, 2.05) is 11.5 Å². The van der Waals surface area contributed by atoms with Crippen molar-refractivity contribution in [3.05, 3.63) is 29.7 Å². The van der Waals surface area contributed by atoms with E-state index in [9.17, 15) is 13.9 Å². The average molecular weight is 417 g/mol. The summed E-state index contributed by atoms with van der Waals surface area (Å²) in [7, 11) is 0. The highest BCUT2D eigenvalue weighted by Gasteiger charge is 2.30. The van der Waals surface area contributed by atoms with Crippen molar-refractivity contribution < 1.29 is 23.4 Å². The predicted octanol–water partition coefficient (Wildman–Crippen LogP) is 2.60. The molecule has 0 aliphatic carbocycles. The van der Waals surface area contributed by atoms with Gasteiger partial charge in [0.25, 0.3) is 0 Å². The summed E-state index contributed by atoms with van der Waals surface area (Å²) in [6.07, 6.45) is 0.856. The molecule has 0 radical (unpaired) electrons. The van der Waals surface area contributed by atoms with E-state index >= 15 is 0 Å². The molecule has 0 spiro atoms. The van der Waals surface area contributed by atoms with Gasteiger partial charge in [0.2, 0.25) is 5.95 Å². The summed E-state index contributed by atoms with van der Waals surface area (Å²) in [5.74, 6) is -0.125. The number of hydrogen-bond donors (Lipinski definition) is 2. The molecular formula is C20H21F2N5O3. The fourth-order valence-corrected chi connectivity index (χ4v) is 4.14. The van der Waals surface area contributed by atoms with Crippen LogP contribution in [0, 0.1) is 18.6 Å². The average Bonchev–Trinajstić information content (AvgIpc) is 3.08. The maximum Gasteiger partial charge on any atom is 0.223 e. The van der Waals surface area contributed by atoms with E-state index in [1.54, 1.807) is 6.92 Å². The van der Waals surface area contributed by atoms with Crippen LogP contribution < -0.4 is 10.1 Å². The molecule has 1 fully saturated rings. The van der Waals surface area contributed by atoms with Crippen LogP contribution in [-0.2, 0) is 4.74 Å². The molecule has 5 rings (SSSR count). The first-order valence-corrected chi connectivity index (χ1v) is 9.83. The van der Waals surface area contributed by atoms with Crippen LogP contribution in [0.3, 0.4) is 0 Å². The van der Waals surface area contributed by atoms with Crippen LogP contribution in [0.2, 0.25) is 0 Å². The number of aliphatic hydroxyl groups excluding tert-OH is 1. The Labute approximate surface area is 170 Å². The molecule has 0 saturated carbocycles. The Bertz CT molecular complexity index is 1140. The maximum absolute atomic E-state index is 14.9. The van der Waals surface area contributed by atoms with Gasteiger partial charge in [-0.1, -0.05) is 0 Å². The van der Waals surface area contributed by atoms with Crippen molar-refractivity contribution in [2.75, 3.05) is 25.1 Å². The van der Waals surface area contributed by atoms with Crippen LogP contribution in [0.1, 0.15) is 25.2 Å². The molecule has 30 heavy (non-hydrogen) atoms. The number of anilines is 1. The summed E-state index contributed by atoms with van der Waals surface area (Å²) in [4.78, 5) is 12.6. The number of rotatable bonds is 3. The molecule has 2 aromatic heterocycles. The number of nitrogens with zero attached hydrogens (tertiary/aromatic N) is 4. The Morgan fingerprint density at radius 1 is 1.23 bits per heavy atom. The zero-order valence-corrected chi connectivity index (χ0v) is 16.5. The van der Waals surface area contributed by atoms with Crippen LogP contribution >= 0.6 is 0 Å². The van der Waals surface area contributed by atoms with Gasteiger partial charge in [-0.25, -0.2) is 23.7 Å². The number of ether oxygens (including phenoxy) is 2. The molecule has 1 aromatic carbocycles. The molecule has 0 unspecified atom stereocenters. The number of aliphatic hydroxyl groups is 1. The monoisotopic (exact) mass is 417 g/mol. The Morgan fingerprint density at radius 2 is 2.07 bits per heavy atom. The third kappa shape index (κ3) is 2.98. The van der Waals surface area contributed by atoms with Gasteiger partial charge in [-0.2, -0.15) is 0 Å². The number of nitrogens with one attached hydrogen (secondary N) is 1. The molecule has 3 atom stereocenters. The number of hydrogen-bond acceptors (Lipinski definition) is 7. The highest BCUT2D eigenvalue weighted by atomic mass is 19.1. The highest BCUT2D eigenvalue weighted by molar-refractivity contribution is 5.92. The fraction of sp³-hybridized carbons (Fsp3) is 0.450. The molecule has 158 valence electrons.